The molecule has 6 heteroatoms. The van der Waals surface area contributed by atoms with Crippen molar-refractivity contribution < 1.29 is 24.5 Å². The molecule has 0 radical (unpaired) electrons. The van der Waals surface area contributed by atoms with Crippen LogP contribution in [0.25, 0.3) is 0 Å². The van der Waals surface area contributed by atoms with Crippen LogP contribution in [0.15, 0.2) is 36.4 Å². The average Bonchev–Trinajstić information content (AvgIpc) is 2.96. The number of carboxylic acids is 1. The van der Waals surface area contributed by atoms with Gasteiger partial charge in [0, 0.05) is 18.1 Å². The minimum atomic E-state index is -0.723. The van der Waals surface area contributed by atoms with Crippen LogP contribution >= 0.6 is 11.6 Å². The number of hydrogen-bond acceptors (Lipinski definition) is 4. The van der Waals surface area contributed by atoms with E-state index in [-0.39, 0.29) is 19.1 Å². The molecule has 0 spiro atoms. The molecule has 2 aliphatic rings. The van der Waals surface area contributed by atoms with Crippen LogP contribution in [0.2, 0.25) is 5.02 Å². The summed E-state index contributed by atoms with van der Waals surface area (Å²) in [5.74, 6) is 1.29. The van der Waals surface area contributed by atoms with E-state index in [1.54, 1.807) is 12.1 Å². The monoisotopic (exact) mass is 422 g/mol. The van der Waals surface area contributed by atoms with Gasteiger partial charge in [-0.1, -0.05) is 29.8 Å². The number of aliphatic hydroxyl groups is 1. The number of allylic oxidation sites excluding steroid dienone is 1. The maximum atomic E-state index is 10.7. The number of aliphatic carboxylic acids is 1. The number of carboxylic acid groups (broad SMARTS) is 1. The van der Waals surface area contributed by atoms with Crippen molar-refractivity contribution in [3.8, 4) is 5.75 Å². The Labute approximate surface area is 177 Å². The number of halogens is 1. The molecule has 2 fully saturated rings. The number of ether oxygens (including phenoxy) is 2. The van der Waals surface area contributed by atoms with Crippen molar-refractivity contribution in [2.45, 2.75) is 57.2 Å². The first kappa shape index (κ1) is 22.1. The SMILES string of the molecule is O=C(O)CCC[C@H]1CC[C@H]2[C@H](CC[C@@H]2/C=C/[C@@H](O)COc2cccc(Cl)c2)OC1. The second-order valence-corrected chi connectivity index (χ2v) is 8.66. The molecule has 1 aliphatic carbocycles. The number of carbonyl (C=O) groups is 1. The van der Waals surface area contributed by atoms with E-state index in [9.17, 15) is 9.90 Å². The minimum Gasteiger partial charge on any atom is -0.491 e. The highest BCUT2D eigenvalue weighted by atomic mass is 35.5. The van der Waals surface area contributed by atoms with Gasteiger partial charge in [-0.15, -0.1) is 0 Å². The molecule has 160 valence electrons. The van der Waals surface area contributed by atoms with Crippen LogP contribution < -0.4 is 4.74 Å². The lowest BCUT2D eigenvalue weighted by atomic mass is 9.87. The molecule has 2 N–H and O–H groups in total. The first-order valence-corrected chi connectivity index (χ1v) is 11.0. The van der Waals surface area contributed by atoms with Crippen molar-refractivity contribution in [2.75, 3.05) is 13.2 Å². The van der Waals surface area contributed by atoms with Gasteiger partial charge in [0.15, 0.2) is 0 Å². The molecule has 0 unspecified atom stereocenters. The zero-order valence-corrected chi connectivity index (χ0v) is 17.5. The summed E-state index contributed by atoms with van der Waals surface area (Å²) in [6, 6.07) is 7.15. The van der Waals surface area contributed by atoms with E-state index in [0.29, 0.717) is 28.5 Å². The molecule has 1 saturated carbocycles. The standard InChI is InChI=1S/C23H31ClO5/c24-18-4-2-5-20(13-18)28-15-19(25)10-8-17-9-12-22-21(17)11-7-16(14-29-22)3-1-6-23(26)27/h2,4-5,8,10,13,16-17,19,21-22,25H,1,3,6-7,9,11-12,14-15H2,(H,26,27)/b10-8+/t16-,17-,19+,21+,22-/m0/s1. The van der Waals surface area contributed by atoms with Gasteiger partial charge in [-0.25, -0.2) is 0 Å². The first-order chi connectivity index (χ1) is 14.0. The summed E-state index contributed by atoms with van der Waals surface area (Å²) in [4.78, 5) is 10.7. The van der Waals surface area contributed by atoms with Crippen molar-refractivity contribution >= 4 is 17.6 Å². The summed E-state index contributed by atoms with van der Waals surface area (Å²) in [5, 5.41) is 19.7. The van der Waals surface area contributed by atoms with Crippen LogP contribution in [0, 0.1) is 17.8 Å². The Morgan fingerprint density at radius 1 is 1.31 bits per heavy atom. The van der Waals surface area contributed by atoms with E-state index in [1.807, 2.05) is 18.2 Å². The zero-order valence-electron chi connectivity index (χ0n) is 16.7. The second-order valence-electron chi connectivity index (χ2n) is 8.23. The van der Waals surface area contributed by atoms with Gasteiger partial charge in [0.1, 0.15) is 18.5 Å². The fourth-order valence-electron chi connectivity index (χ4n) is 4.51. The molecule has 0 bridgehead atoms. The molecule has 1 aromatic rings. The Kier molecular flexibility index (Phi) is 8.40. The van der Waals surface area contributed by atoms with Gasteiger partial charge >= 0.3 is 5.97 Å². The van der Waals surface area contributed by atoms with Gasteiger partial charge in [-0.2, -0.15) is 0 Å². The van der Waals surface area contributed by atoms with Crippen LogP contribution in [0.4, 0.5) is 0 Å². The summed E-state index contributed by atoms with van der Waals surface area (Å²) >= 11 is 5.94. The Hall–Kier alpha value is -1.56. The molecule has 0 amide bonds. The maximum Gasteiger partial charge on any atom is 0.303 e. The van der Waals surface area contributed by atoms with Crippen LogP contribution in [0.3, 0.4) is 0 Å². The molecular weight excluding hydrogens is 392 g/mol. The Bertz CT molecular complexity index is 692. The number of aliphatic hydroxyl groups excluding tert-OH is 1. The Morgan fingerprint density at radius 2 is 2.17 bits per heavy atom. The van der Waals surface area contributed by atoms with Crippen molar-refractivity contribution in [1.29, 1.82) is 0 Å². The second kappa shape index (κ2) is 11.0. The number of benzene rings is 1. The number of rotatable bonds is 9. The topological polar surface area (TPSA) is 76.0 Å². The Balaban J connectivity index is 1.44. The fraction of sp³-hybridized carbons (Fsp3) is 0.609. The third-order valence-electron chi connectivity index (χ3n) is 6.07. The minimum absolute atomic E-state index is 0.194. The van der Waals surface area contributed by atoms with Crippen molar-refractivity contribution in [2.24, 2.45) is 17.8 Å². The lowest BCUT2D eigenvalue weighted by Crippen LogP contribution is -2.20. The third kappa shape index (κ3) is 7.02. The molecule has 5 atom stereocenters. The normalized spacial score (nSPS) is 28.1. The molecule has 5 nitrogen and oxygen atoms in total. The first-order valence-electron chi connectivity index (χ1n) is 10.6. The van der Waals surface area contributed by atoms with E-state index >= 15 is 0 Å². The summed E-state index contributed by atoms with van der Waals surface area (Å²) in [6.45, 7) is 0.938. The lowest BCUT2D eigenvalue weighted by Gasteiger charge is -2.20. The van der Waals surface area contributed by atoms with Gasteiger partial charge in [0.2, 0.25) is 0 Å². The summed E-state index contributed by atoms with van der Waals surface area (Å²) in [7, 11) is 0. The van der Waals surface area contributed by atoms with Crippen molar-refractivity contribution in [1.82, 2.24) is 0 Å². The summed E-state index contributed by atoms with van der Waals surface area (Å²) < 4.78 is 11.8. The molecule has 1 heterocycles. The molecular formula is C23H31ClO5. The smallest absolute Gasteiger partial charge is 0.303 e. The van der Waals surface area contributed by atoms with Crippen LogP contribution in [-0.4, -0.2) is 41.6 Å². The highest BCUT2D eigenvalue weighted by Crippen LogP contribution is 2.41. The molecule has 3 rings (SSSR count). The van der Waals surface area contributed by atoms with Crippen LogP contribution in [0.1, 0.15) is 44.9 Å². The van der Waals surface area contributed by atoms with Crippen LogP contribution in [0.5, 0.6) is 5.75 Å². The van der Waals surface area contributed by atoms with Crippen molar-refractivity contribution in [3.63, 3.8) is 0 Å². The third-order valence-corrected chi connectivity index (χ3v) is 6.30. The van der Waals surface area contributed by atoms with Gasteiger partial charge in [-0.05, 0) is 74.5 Å². The number of fused-ring (bicyclic) bond motifs is 1. The maximum absolute atomic E-state index is 10.7. The van der Waals surface area contributed by atoms with Crippen LogP contribution in [-0.2, 0) is 9.53 Å². The van der Waals surface area contributed by atoms with E-state index in [4.69, 9.17) is 26.2 Å². The molecule has 1 aliphatic heterocycles. The van der Waals surface area contributed by atoms with E-state index in [0.717, 1.165) is 45.1 Å². The molecule has 1 saturated heterocycles. The Morgan fingerprint density at radius 3 is 2.97 bits per heavy atom. The van der Waals surface area contributed by atoms with E-state index < -0.39 is 12.1 Å². The van der Waals surface area contributed by atoms with Crippen molar-refractivity contribution in [3.05, 3.63) is 41.4 Å². The largest absolute Gasteiger partial charge is 0.491 e. The van der Waals surface area contributed by atoms with Gasteiger partial charge in [-0.3, -0.25) is 4.79 Å². The highest BCUT2D eigenvalue weighted by molar-refractivity contribution is 6.30. The predicted octanol–water partition coefficient (Wildman–Crippen LogP) is 4.71. The van der Waals surface area contributed by atoms with Gasteiger partial charge < -0.3 is 19.7 Å². The number of hydrogen-bond donors (Lipinski definition) is 2. The summed E-state index contributed by atoms with van der Waals surface area (Å²) in [5.41, 5.74) is 0. The van der Waals surface area contributed by atoms with Gasteiger partial charge in [0.25, 0.3) is 0 Å². The molecule has 1 aromatic carbocycles. The molecule has 0 aromatic heterocycles. The molecule has 29 heavy (non-hydrogen) atoms. The average molecular weight is 423 g/mol. The summed E-state index contributed by atoms with van der Waals surface area (Å²) in [6.07, 6.45) is 9.80. The lowest BCUT2D eigenvalue weighted by molar-refractivity contribution is -0.137. The van der Waals surface area contributed by atoms with E-state index in [1.165, 1.54) is 0 Å². The fourth-order valence-corrected chi connectivity index (χ4v) is 4.69. The quantitative estimate of drug-likeness (QED) is 0.563. The van der Waals surface area contributed by atoms with Gasteiger partial charge in [0.05, 0.1) is 6.10 Å². The highest BCUT2D eigenvalue weighted by Gasteiger charge is 2.37. The van der Waals surface area contributed by atoms with E-state index in [2.05, 4.69) is 6.08 Å². The zero-order chi connectivity index (χ0) is 20.6. The predicted molar refractivity (Wildman–Crippen MR) is 112 cm³/mol.